The zero-order valence-corrected chi connectivity index (χ0v) is 11.4. The van der Waals surface area contributed by atoms with Crippen LogP contribution in [-0.2, 0) is 0 Å². The molecule has 92 valence electrons. The van der Waals surface area contributed by atoms with Gasteiger partial charge >= 0.3 is 0 Å². The van der Waals surface area contributed by atoms with E-state index in [0.717, 1.165) is 23.6 Å². The maximum Gasteiger partial charge on any atom is 0.159 e. The quantitative estimate of drug-likeness (QED) is 0.727. The second-order valence-electron chi connectivity index (χ2n) is 4.38. The number of rotatable bonds is 4. The highest BCUT2D eigenvalue weighted by Crippen LogP contribution is 2.52. The molecule has 1 aliphatic rings. The van der Waals surface area contributed by atoms with Crippen molar-refractivity contribution < 1.29 is 4.74 Å². The van der Waals surface area contributed by atoms with Gasteiger partial charge in [0.1, 0.15) is 5.75 Å². The molecule has 2 aromatic rings. The van der Waals surface area contributed by atoms with Crippen molar-refractivity contribution in [2.75, 3.05) is 0 Å². The highest BCUT2D eigenvalue weighted by Gasteiger charge is 2.46. The van der Waals surface area contributed by atoms with Gasteiger partial charge in [-0.3, -0.25) is 0 Å². The Bertz CT molecular complexity index is 520. The van der Waals surface area contributed by atoms with E-state index in [9.17, 15) is 0 Å². The first-order valence-electron chi connectivity index (χ1n) is 5.94. The van der Waals surface area contributed by atoms with E-state index in [1.54, 1.807) is 11.8 Å². The molecule has 0 unspecified atom stereocenters. The largest absolute Gasteiger partial charge is 0.476 e. The van der Waals surface area contributed by atoms with Crippen molar-refractivity contribution in [3.05, 3.63) is 59.6 Å². The Labute approximate surface area is 116 Å². The summed E-state index contributed by atoms with van der Waals surface area (Å²) in [5.74, 6) is 0.889. The summed E-state index contributed by atoms with van der Waals surface area (Å²) in [5.41, 5.74) is 0. The number of thioether (sulfide) groups is 1. The highest BCUT2D eigenvalue weighted by atomic mass is 35.5. The summed E-state index contributed by atoms with van der Waals surface area (Å²) in [6, 6.07) is 18.0. The van der Waals surface area contributed by atoms with Gasteiger partial charge in [-0.15, -0.1) is 0 Å². The average molecular weight is 277 g/mol. The van der Waals surface area contributed by atoms with Crippen molar-refractivity contribution >= 4 is 23.4 Å². The third kappa shape index (κ3) is 2.82. The highest BCUT2D eigenvalue weighted by molar-refractivity contribution is 8.00. The number of hydrogen-bond donors (Lipinski definition) is 0. The van der Waals surface area contributed by atoms with Gasteiger partial charge in [-0.2, -0.15) is 0 Å². The van der Waals surface area contributed by atoms with Crippen LogP contribution in [0.1, 0.15) is 12.8 Å². The second-order valence-corrected chi connectivity index (χ2v) is 6.24. The zero-order chi connectivity index (χ0) is 12.4. The predicted octanol–water partition coefficient (Wildman–Crippen LogP) is 5.00. The van der Waals surface area contributed by atoms with Crippen molar-refractivity contribution in [3.63, 3.8) is 0 Å². The molecular formula is C15H13ClOS. The molecule has 1 aliphatic carbocycles. The molecule has 1 fully saturated rings. The van der Waals surface area contributed by atoms with Crippen LogP contribution in [-0.4, -0.2) is 4.93 Å². The Morgan fingerprint density at radius 1 is 0.944 bits per heavy atom. The van der Waals surface area contributed by atoms with Gasteiger partial charge in [0.15, 0.2) is 4.93 Å². The van der Waals surface area contributed by atoms with E-state index in [4.69, 9.17) is 16.3 Å². The molecule has 0 radical (unpaired) electrons. The summed E-state index contributed by atoms with van der Waals surface area (Å²) < 4.78 is 6.08. The van der Waals surface area contributed by atoms with Crippen LogP contribution < -0.4 is 4.74 Å². The van der Waals surface area contributed by atoms with Gasteiger partial charge in [0.2, 0.25) is 0 Å². The fourth-order valence-corrected chi connectivity index (χ4v) is 3.04. The van der Waals surface area contributed by atoms with Crippen molar-refractivity contribution in [2.24, 2.45) is 0 Å². The van der Waals surface area contributed by atoms with E-state index < -0.39 is 0 Å². The number of benzene rings is 2. The standard InChI is InChI=1S/C15H13ClOS/c16-12-6-8-13(9-7-12)17-15(10-11-15)18-14-4-2-1-3-5-14/h1-9H,10-11H2. The number of hydrogen-bond acceptors (Lipinski definition) is 2. The Kier molecular flexibility index (Phi) is 3.23. The third-order valence-electron chi connectivity index (χ3n) is 2.82. The van der Waals surface area contributed by atoms with Crippen molar-refractivity contribution in [1.82, 2.24) is 0 Å². The molecule has 0 aromatic heterocycles. The summed E-state index contributed by atoms with van der Waals surface area (Å²) in [4.78, 5) is 1.18. The van der Waals surface area contributed by atoms with Gasteiger partial charge < -0.3 is 4.74 Å². The molecule has 18 heavy (non-hydrogen) atoms. The van der Waals surface area contributed by atoms with Crippen molar-refractivity contribution in [3.8, 4) is 5.75 Å². The minimum Gasteiger partial charge on any atom is -0.476 e. The molecule has 2 aromatic carbocycles. The zero-order valence-electron chi connectivity index (χ0n) is 9.80. The summed E-state index contributed by atoms with van der Waals surface area (Å²) in [6.45, 7) is 0. The molecule has 3 heteroatoms. The summed E-state index contributed by atoms with van der Waals surface area (Å²) in [6.07, 6.45) is 2.18. The predicted molar refractivity (Wildman–Crippen MR) is 76.3 cm³/mol. The maximum atomic E-state index is 6.08. The fourth-order valence-electron chi connectivity index (χ4n) is 1.75. The van der Waals surface area contributed by atoms with E-state index >= 15 is 0 Å². The van der Waals surface area contributed by atoms with Crippen LogP contribution in [0.2, 0.25) is 5.02 Å². The molecule has 0 amide bonds. The molecule has 0 heterocycles. The Morgan fingerprint density at radius 3 is 2.22 bits per heavy atom. The van der Waals surface area contributed by atoms with Gasteiger partial charge in [-0.25, -0.2) is 0 Å². The molecule has 0 saturated heterocycles. The normalized spacial score (nSPS) is 16.3. The Morgan fingerprint density at radius 2 is 1.61 bits per heavy atom. The topological polar surface area (TPSA) is 9.23 Å². The number of ether oxygens (including phenoxy) is 1. The smallest absolute Gasteiger partial charge is 0.159 e. The molecule has 3 rings (SSSR count). The molecule has 0 atom stereocenters. The first kappa shape index (κ1) is 11.9. The van der Waals surface area contributed by atoms with E-state index in [2.05, 4.69) is 24.3 Å². The third-order valence-corrected chi connectivity index (χ3v) is 4.45. The van der Waals surface area contributed by atoms with Crippen LogP contribution >= 0.6 is 23.4 Å². The minimum absolute atomic E-state index is 0.0742. The first-order valence-corrected chi connectivity index (χ1v) is 7.14. The fraction of sp³-hybridized carbons (Fsp3) is 0.200. The first-order chi connectivity index (χ1) is 8.76. The van der Waals surface area contributed by atoms with Crippen LogP contribution in [0.5, 0.6) is 5.75 Å². The molecule has 1 saturated carbocycles. The lowest BCUT2D eigenvalue weighted by Gasteiger charge is -2.17. The van der Waals surface area contributed by atoms with Crippen molar-refractivity contribution in [1.29, 1.82) is 0 Å². The van der Waals surface area contributed by atoms with E-state index in [1.165, 1.54) is 4.90 Å². The van der Waals surface area contributed by atoms with Crippen LogP contribution in [0, 0.1) is 0 Å². The molecular weight excluding hydrogens is 264 g/mol. The summed E-state index contributed by atoms with van der Waals surface area (Å²) >= 11 is 7.67. The lowest BCUT2D eigenvalue weighted by molar-refractivity contribution is 0.271. The van der Waals surface area contributed by atoms with Crippen LogP contribution in [0.15, 0.2) is 59.5 Å². The molecule has 0 bridgehead atoms. The summed E-state index contributed by atoms with van der Waals surface area (Å²) in [5, 5.41) is 0.739. The van der Waals surface area contributed by atoms with Gasteiger partial charge in [0.25, 0.3) is 0 Å². The Hall–Kier alpha value is -1.12. The van der Waals surface area contributed by atoms with Crippen LogP contribution in [0.25, 0.3) is 0 Å². The van der Waals surface area contributed by atoms with Crippen LogP contribution in [0.3, 0.4) is 0 Å². The van der Waals surface area contributed by atoms with E-state index in [-0.39, 0.29) is 4.93 Å². The molecule has 0 N–H and O–H groups in total. The average Bonchev–Trinajstić information content (AvgIpc) is 3.13. The van der Waals surface area contributed by atoms with Gasteiger partial charge in [0, 0.05) is 22.8 Å². The SMILES string of the molecule is Clc1ccc(OC2(Sc3ccccc3)CC2)cc1. The molecule has 1 nitrogen and oxygen atoms in total. The van der Waals surface area contributed by atoms with Gasteiger partial charge in [-0.05, 0) is 36.4 Å². The van der Waals surface area contributed by atoms with Gasteiger partial charge in [0.05, 0.1) is 0 Å². The number of halogens is 1. The monoisotopic (exact) mass is 276 g/mol. The summed E-state index contributed by atoms with van der Waals surface area (Å²) in [7, 11) is 0. The Balaban J connectivity index is 1.70. The second kappa shape index (κ2) is 4.87. The van der Waals surface area contributed by atoms with Crippen LogP contribution in [0.4, 0.5) is 0 Å². The van der Waals surface area contributed by atoms with E-state index in [1.807, 2.05) is 30.3 Å². The molecule has 0 spiro atoms. The lowest BCUT2D eigenvalue weighted by atomic mass is 10.3. The lowest BCUT2D eigenvalue weighted by Crippen LogP contribution is -2.12. The minimum atomic E-state index is -0.0742. The van der Waals surface area contributed by atoms with E-state index in [0.29, 0.717) is 0 Å². The molecule has 0 aliphatic heterocycles. The van der Waals surface area contributed by atoms with Crippen molar-refractivity contribution in [2.45, 2.75) is 22.7 Å². The maximum absolute atomic E-state index is 6.08. The van der Waals surface area contributed by atoms with Gasteiger partial charge in [-0.1, -0.05) is 41.6 Å².